The Morgan fingerprint density at radius 1 is 1.29 bits per heavy atom. The van der Waals surface area contributed by atoms with Crippen molar-refractivity contribution in [2.75, 3.05) is 5.73 Å². The number of nitrogens with one attached hydrogen (secondary N) is 1. The Hall–Kier alpha value is -2.05. The van der Waals surface area contributed by atoms with Gasteiger partial charge in [0, 0.05) is 16.5 Å². The van der Waals surface area contributed by atoms with Crippen LogP contribution in [0.25, 0.3) is 0 Å². The number of hydrogen-bond donors (Lipinski definition) is 3. The van der Waals surface area contributed by atoms with Gasteiger partial charge < -0.3 is 15.8 Å². The fourth-order valence-corrected chi connectivity index (χ4v) is 2.37. The van der Waals surface area contributed by atoms with Gasteiger partial charge in [0.1, 0.15) is 11.6 Å². The van der Waals surface area contributed by atoms with E-state index in [4.69, 9.17) is 34.0 Å². The summed E-state index contributed by atoms with van der Waals surface area (Å²) in [6.07, 6.45) is -0.299. The molecule has 0 fully saturated rings. The highest BCUT2D eigenvalue weighted by molar-refractivity contribution is 6.36. The first-order valence-corrected chi connectivity index (χ1v) is 6.66. The van der Waals surface area contributed by atoms with E-state index in [1.807, 2.05) is 0 Å². The van der Waals surface area contributed by atoms with Crippen molar-refractivity contribution in [1.82, 2.24) is 9.97 Å². The Bertz CT molecular complexity index is 739. The minimum absolute atomic E-state index is 0.0727. The van der Waals surface area contributed by atoms with E-state index in [2.05, 4.69) is 9.97 Å². The van der Waals surface area contributed by atoms with E-state index in [1.54, 1.807) is 18.2 Å². The zero-order valence-electron chi connectivity index (χ0n) is 10.7. The molecule has 2 rings (SSSR count). The number of aliphatic carboxylic acids is 1. The zero-order chi connectivity index (χ0) is 15.6. The summed E-state index contributed by atoms with van der Waals surface area (Å²) in [7, 11) is 0. The molecule has 21 heavy (non-hydrogen) atoms. The molecule has 1 heterocycles. The number of aromatic amines is 1. The molecule has 4 N–H and O–H groups in total. The molecule has 0 aliphatic rings. The largest absolute Gasteiger partial charge is 0.481 e. The predicted octanol–water partition coefficient (Wildman–Crippen LogP) is 1.88. The van der Waals surface area contributed by atoms with Crippen molar-refractivity contribution in [2.24, 2.45) is 0 Å². The summed E-state index contributed by atoms with van der Waals surface area (Å²) in [5.41, 5.74) is 5.59. The number of benzene rings is 1. The molecule has 0 amide bonds. The fraction of sp³-hybridized carbons (Fsp3) is 0.154. The van der Waals surface area contributed by atoms with Crippen LogP contribution in [0.4, 0.5) is 5.82 Å². The highest BCUT2D eigenvalue weighted by Gasteiger charge is 2.14. The van der Waals surface area contributed by atoms with E-state index >= 15 is 0 Å². The van der Waals surface area contributed by atoms with Gasteiger partial charge in [-0.1, -0.05) is 29.3 Å². The molecule has 0 atom stereocenters. The van der Waals surface area contributed by atoms with E-state index < -0.39 is 17.9 Å². The number of carbonyl (C=O) groups is 1. The molecule has 0 bridgehead atoms. The summed E-state index contributed by atoms with van der Waals surface area (Å²) < 4.78 is 0. The van der Waals surface area contributed by atoms with Gasteiger partial charge in [-0.3, -0.25) is 9.59 Å². The van der Waals surface area contributed by atoms with E-state index in [0.29, 0.717) is 15.6 Å². The number of halogens is 2. The molecule has 1 aromatic heterocycles. The maximum Gasteiger partial charge on any atom is 0.308 e. The standard InChI is InChI=1S/C13H11Cl2N3O3/c14-8-2-1-3-9(15)6(8)4-10-17-12(16)7(5-11(19)20)13(21)18-10/h1-3H,4-5H2,(H,19,20)(H3,16,17,18,21). The van der Waals surface area contributed by atoms with Gasteiger partial charge in [0.05, 0.1) is 12.0 Å². The van der Waals surface area contributed by atoms with E-state index in [9.17, 15) is 9.59 Å². The number of carboxylic acids is 1. The molecular formula is C13H11Cl2N3O3. The molecule has 2 aromatic rings. The van der Waals surface area contributed by atoms with Gasteiger partial charge >= 0.3 is 5.97 Å². The zero-order valence-corrected chi connectivity index (χ0v) is 12.2. The van der Waals surface area contributed by atoms with Gasteiger partial charge in [0.2, 0.25) is 0 Å². The number of rotatable bonds is 4. The predicted molar refractivity (Wildman–Crippen MR) is 79.9 cm³/mol. The Morgan fingerprint density at radius 2 is 1.90 bits per heavy atom. The van der Waals surface area contributed by atoms with Gasteiger partial charge in [-0.05, 0) is 17.7 Å². The third-order valence-electron chi connectivity index (χ3n) is 2.83. The lowest BCUT2D eigenvalue weighted by molar-refractivity contribution is -0.136. The van der Waals surface area contributed by atoms with Crippen LogP contribution in [0.15, 0.2) is 23.0 Å². The molecule has 0 spiro atoms. The van der Waals surface area contributed by atoms with E-state index in [1.165, 1.54) is 0 Å². The van der Waals surface area contributed by atoms with Crippen LogP contribution in [0.1, 0.15) is 17.0 Å². The van der Waals surface area contributed by atoms with Crippen LogP contribution in [-0.2, 0) is 17.6 Å². The number of H-pyrrole nitrogens is 1. The minimum Gasteiger partial charge on any atom is -0.481 e. The smallest absolute Gasteiger partial charge is 0.308 e. The molecule has 6 nitrogen and oxygen atoms in total. The maximum atomic E-state index is 11.9. The van der Waals surface area contributed by atoms with Crippen molar-refractivity contribution in [3.63, 3.8) is 0 Å². The van der Waals surface area contributed by atoms with Crippen molar-refractivity contribution in [3.05, 3.63) is 55.5 Å². The average molecular weight is 328 g/mol. The van der Waals surface area contributed by atoms with Gasteiger partial charge in [-0.2, -0.15) is 0 Å². The SMILES string of the molecule is Nc1nc(Cc2c(Cl)cccc2Cl)[nH]c(=O)c1CC(=O)O. The first-order valence-electron chi connectivity index (χ1n) is 5.90. The Kier molecular flexibility index (Phi) is 4.50. The number of aromatic nitrogens is 2. The molecule has 0 saturated carbocycles. The van der Waals surface area contributed by atoms with Gasteiger partial charge in [0.25, 0.3) is 5.56 Å². The molecule has 110 valence electrons. The van der Waals surface area contributed by atoms with Gasteiger partial charge in [-0.15, -0.1) is 0 Å². The first kappa shape index (κ1) is 15.3. The third kappa shape index (κ3) is 3.53. The molecule has 8 heteroatoms. The summed E-state index contributed by atoms with van der Waals surface area (Å²) in [5.74, 6) is -1.00. The van der Waals surface area contributed by atoms with Crippen LogP contribution in [0.2, 0.25) is 10.0 Å². The van der Waals surface area contributed by atoms with Crippen molar-refractivity contribution < 1.29 is 9.90 Å². The minimum atomic E-state index is -1.16. The maximum absolute atomic E-state index is 11.9. The summed E-state index contributed by atoms with van der Waals surface area (Å²) >= 11 is 12.1. The molecule has 0 saturated heterocycles. The lowest BCUT2D eigenvalue weighted by atomic mass is 10.1. The molecule has 0 aliphatic heterocycles. The normalized spacial score (nSPS) is 10.6. The Morgan fingerprint density at radius 3 is 2.43 bits per heavy atom. The summed E-state index contributed by atoms with van der Waals surface area (Å²) in [4.78, 5) is 29.0. The number of nitrogens with zero attached hydrogens (tertiary/aromatic N) is 1. The summed E-state index contributed by atoms with van der Waals surface area (Å²) in [5, 5.41) is 9.61. The number of hydrogen-bond acceptors (Lipinski definition) is 4. The average Bonchev–Trinajstić information content (AvgIpc) is 2.38. The molecular weight excluding hydrogens is 317 g/mol. The molecule has 0 aliphatic carbocycles. The van der Waals surface area contributed by atoms with Crippen LogP contribution in [0, 0.1) is 0 Å². The Balaban J connectivity index is 2.39. The van der Waals surface area contributed by atoms with Gasteiger partial charge in [-0.25, -0.2) is 4.98 Å². The second-order valence-corrected chi connectivity index (χ2v) is 5.14. The van der Waals surface area contributed by atoms with E-state index in [-0.39, 0.29) is 23.6 Å². The quantitative estimate of drug-likeness (QED) is 0.794. The summed E-state index contributed by atoms with van der Waals surface area (Å²) in [6.45, 7) is 0. The number of nitrogen functional groups attached to an aromatic ring is 1. The topological polar surface area (TPSA) is 109 Å². The van der Waals surface area contributed by atoms with Crippen molar-refractivity contribution in [3.8, 4) is 0 Å². The summed E-state index contributed by atoms with van der Waals surface area (Å²) in [6, 6.07) is 5.04. The van der Waals surface area contributed by atoms with Crippen LogP contribution < -0.4 is 11.3 Å². The highest BCUT2D eigenvalue weighted by atomic mass is 35.5. The van der Waals surface area contributed by atoms with Crippen molar-refractivity contribution >= 4 is 35.0 Å². The van der Waals surface area contributed by atoms with Crippen molar-refractivity contribution in [1.29, 1.82) is 0 Å². The monoisotopic (exact) mass is 327 g/mol. The molecule has 0 radical (unpaired) electrons. The molecule has 1 aromatic carbocycles. The number of carboxylic acid groups (broad SMARTS) is 1. The van der Waals surface area contributed by atoms with Crippen LogP contribution >= 0.6 is 23.2 Å². The number of nitrogens with two attached hydrogens (primary N) is 1. The third-order valence-corrected chi connectivity index (χ3v) is 3.54. The van der Waals surface area contributed by atoms with Crippen LogP contribution in [0.3, 0.4) is 0 Å². The number of anilines is 1. The highest BCUT2D eigenvalue weighted by Crippen LogP contribution is 2.26. The first-order chi connectivity index (χ1) is 9.88. The second kappa shape index (κ2) is 6.15. The van der Waals surface area contributed by atoms with Gasteiger partial charge in [0.15, 0.2) is 0 Å². The van der Waals surface area contributed by atoms with Crippen LogP contribution in [0.5, 0.6) is 0 Å². The Labute approximate surface area is 129 Å². The van der Waals surface area contributed by atoms with Crippen LogP contribution in [-0.4, -0.2) is 21.0 Å². The van der Waals surface area contributed by atoms with E-state index in [0.717, 1.165) is 0 Å². The second-order valence-electron chi connectivity index (χ2n) is 4.32. The lowest BCUT2D eigenvalue weighted by Gasteiger charge is -2.08. The molecule has 0 unspecified atom stereocenters. The fourth-order valence-electron chi connectivity index (χ4n) is 1.84. The van der Waals surface area contributed by atoms with Crippen molar-refractivity contribution in [2.45, 2.75) is 12.8 Å². The lowest BCUT2D eigenvalue weighted by Crippen LogP contribution is -2.22.